The molecule has 3 rings (SSSR count). The molecule has 0 spiro atoms. The molecule has 4 nitrogen and oxygen atoms in total. The van der Waals surface area contributed by atoms with Crippen molar-refractivity contribution in [3.8, 4) is 11.3 Å². The number of hydrogen-bond donors (Lipinski definition) is 0. The van der Waals surface area contributed by atoms with Gasteiger partial charge in [-0.1, -0.05) is 36.4 Å². The highest BCUT2D eigenvalue weighted by molar-refractivity contribution is 5.75. The van der Waals surface area contributed by atoms with Gasteiger partial charge in [0.2, 0.25) is 0 Å². The van der Waals surface area contributed by atoms with E-state index >= 15 is 0 Å². The molecule has 112 valence electrons. The molecule has 23 heavy (non-hydrogen) atoms. The first-order valence-electron chi connectivity index (χ1n) is 7.13. The molecule has 0 saturated heterocycles. The normalized spacial score (nSPS) is 11.5. The first-order chi connectivity index (χ1) is 11.3. The zero-order chi connectivity index (χ0) is 16.1. The smallest absolute Gasteiger partial charge is 0.142 e. The monoisotopic (exact) mass is 302 g/mol. The van der Waals surface area contributed by atoms with E-state index in [-0.39, 0.29) is 0 Å². The molecule has 0 unspecified atom stereocenters. The van der Waals surface area contributed by atoms with E-state index < -0.39 is 0 Å². The lowest BCUT2D eigenvalue weighted by atomic mass is 10.1. The van der Waals surface area contributed by atoms with Crippen LogP contribution in [-0.2, 0) is 9.59 Å². The van der Waals surface area contributed by atoms with Crippen molar-refractivity contribution < 1.29 is 9.59 Å². The van der Waals surface area contributed by atoms with E-state index in [0.717, 1.165) is 40.6 Å². The largest absolute Gasteiger partial charge is 0.306 e. The summed E-state index contributed by atoms with van der Waals surface area (Å²) >= 11 is 0. The molecule has 2 heterocycles. The summed E-state index contributed by atoms with van der Waals surface area (Å²) in [6, 6.07) is 11.7. The fourth-order valence-corrected chi connectivity index (χ4v) is 2.31. The third-order valence-electron chi connectivity index (χ3n) is 3.41. The molecule has 3 aromatic rings. The van der Waals surface area contributed by atoms with Crippen molar-refractivity contribution in [2.45, 2.75) is 0 Å². The van der Waals surface area contributed by atoms with Gasteiger partial charge in [0.05, 0.1) is 5.69 Å². The summed E-state index contributed by atoms with van der Waals surface area (Å²) < 4.78 is 1.93. The minimum Gasteiger partial charge on any atom is -0.306 e. The lowest BCUT2D eigenvalue weighted by molar-refractivity contribution is -0.104. The molecule has 0 radical (unpaired) electrons. The van der Waals surface area contributed by atoms with Crippen molar-refractivity contribution >= 4 is 30.4 Å². The van der Waals surface area contributed by atoms with Crippen molar-refractivity contribution in [2.24, 2.45) is 0 Å². The van der Waals surface area contributed by atoms with Crippen molar-refractivity contribution in [1.29, 1.82) is 0 Å². The summed E-state index contributed by atoms with van der Waals surface area (Å²) in [6.45, 7) is 0. The Bertz CT molecular complexity index is 903. The fourth-order valence-electron chi connectivity index (χ4n) is 2.31. The summed E-state index contributed by atoms with van der Waals surface area (Å²) in [5.41, 5.74) is 4.61. The quantitative estimate of drug-likeness (QED) is 0.536. The standard InChI is InChI=1S/C19H14N2O2/c22-11-1-3-15-5-8-17(9-6-15)18-14-21-13-16(4-2-12-23)7-10-19(21)20-18/h1-14H/b3-1-,4-2-. The minimum absolute atomic E-state index is 0.754. The number of hydrogen-bond acceptors (Lipinski definition) is 3. The molecule has 2 aromatic heterocycles. The first-order valence-corrected chi connectivity index (χ1v) is 7.13. The topological polar surface area (TPSA) is 51.4 Å². The van der Waals surface area contributed by atoms with E-state index in [1.54, 1.807) is 12.2 Å². The number of allylic oxidation sites excluding steroid dienone is 2. The van der Waals surface area contributed by atoms with Gasteiger partial charge < -0.3 is 4.40 Å². The number of carbonyl (C=O) groups excluding carboxylic acids is 2. The van der Waals surface area contributed by atoms with Crippen LogP contribution in [0.5, 0.6) is 0 Å². The number of carbonyl (C=O) groups is 2. The Morgan fingerprint density at radius 3 is 2.13 bits per heavy atom. The van der Waals surface area contributed by atoms with Crippen LogP contribution in [0.2, 0.25) is 0 Å². The van der Waals surface area contributed by atoms with Gasteiger partial charge in [0.15, 0.2) is 0 Å². The van der Waals surface area contributed by atoms with Crippen LogP contribution in [0.3, 0.4) is 0 Å². The Morgan fingerprint density at radius 1 is 0.783 bits per heavy atom. The zero-order valence-electron chi connectivity index (χ0n) is 12.3. The van der Waals surface area contributed by atoms with Crippen LogP contribution < -0.4 is 0 Å². The molecule has 0 aliphatic carbocycles. The van der Waals surface area contributed by atoms with Crippen LogP contribution in [0.15, 0.2) is 60.9 Å². The summed E-state index contributed by atoms with van der Waals surface area (Å²) in [7, 11) is 0. The van der Waals surface area contributed by atoms with Crippen molar-refractivity contribution in [2.75, 3.05) is 0 Å². The zero-order valence-corrected chi connectivity index (χ0v) is 12.3. The second-order valence-electron chi connectivity index (χ2n) is 4.97. The van der Waals surface area contributed by atoms with Crippen molar-refractivity contribution in [1.82, 2.24) is 9.38 Å². The van der Waals surface area contributed by atoms with Crippen LogP contribution in [-0.4, -0.2) is 22.0 Å². The second kappa shape index (κ2) is 6.66. The predicted molar refractivity (Wildman–Crippen MR) is 90.8 cm³/mol. The number of aldehydes is 2. The van der Waals surface area contributed by atoms with Gasteiger partial charge in [-0.15, -0.1) is 0 Å². The maximum Gasteiger partial charge on any atom is 0.142 e. The molecular formula is C19H14N2O2. The fraction of sp³-hybridized carbons (Fsp3) is 0. The summed E-state index contributed by atoms with van der Waals surface area (Å²) in [5, 5.41) is 0. The summed E-state index contributed by atoms with van der Waals surface area (Å²) in [6.07, 6.45) is 11.8. The number of benzene rings is 1. The minimum atomic E-state index is 0.754. The summed E-state index contributed by atoms with van der Waals surface area (Å²) in [4.78, 5) is 25.3. The molecule has 0 bridgehead atoms. The Labute approximate surface area is 133 Å². The van der Waals surface area contributed by atoms with Gasteiger partial charge in [0, 0.05) is 18.0 Å². The molecule has 0 aliphatic heterocycles. The van der Waals surface area contributed by atoms with Gasteiger partial charge in [0.1, 0.15) is 18.2 Å². The number of imidazole rings is 1. The van der Waals surface area contributed by atoms with Crippen LogP contribution in [0.4, 0.5) is 0 Å². The van der Waals surface area contributed by atoms with Gasteiger partial charge in [0.25, 0.3) is 0 Å². The van der Waals surface area contributed by atoms with E-state index in [0.29, 0.717) is 0 Å². The average molecular weight is 302 g/mol. The predicted octanol–water partition coefficient (Wildman–Crippen LogP) is 3.43. The molecule has 4 heteroatoms. The number of nitrogens with zero attached hydrogens (tertiary/aromatic N) is 2. The third kappa shape index (κ3) is 3.32. The third-order valence-corrected chi connectivity index (χ3v) is 3.41. The van der Waals surface area contributed by atoms with E-state index in [2.05, 4.69) is 4.98 Å². The maximum absolute atomic E-state index is 10.4. The van der Waals surface area contributed by atoms with Gasteiger partial charge in [-0.25, -0.2) is 4.98 Å². The Balaban J connectivity index is 1.93. The lowest BCUT2D eigenvalue weighted by Gasteiger charge is -1.97. The molecular weight excluding hydrogens is 288 g/mol. The first kappa shape index (κ1) is 14.7. The van der Waals surface area contributed by atoms with Gasteiger partial charge in [-0.2, -0.15) is 0 Å². The highest BCUT2D eigenvalue weighted by atomic mass is 16.1. The van der Waals surface area contributed by atoms with Gasteiger partial charge in [-0.05, 0) is 35.4 Å². The van der Waals surface area contributed by atoms with Crippen LogP contribution in [0, 0.1) is 0 Å². The maximum atomic E-state index is 10.4. The molecule has 0 atom stereocenters. The van der Waals surface area contributed by atoms with E-state index in [4.69, 9.17) is 0 Å². The highest BCUT2D eigenvalue weighted by Gasteiger charge is 2.04. The number of fused-ring (bicyclic) bond motifs is 1. The highest BCUT2D eigenvalue weighted by Crippen LogP contribution is 2.20. The lowest BCUT2D eigenvalue weighted by Crippen LogP contribution is -1.83. The van der Waals surface area contributed by atoms with Crippen molar-refractivity contribution in [3.05, 3.63) is 72.1 Å². The Kier molecular flexibility index (Phi) is 4.25. The number of aromatic nitrogens is 2. The SMILES string of the molecule is O=C/C=C\c1ccc(-c2cn3cc(/C=C\C=O)ccc3n2)cc1. The van der Waals surface area contributed by atoms with Crippen LogP contribution in [0.1, 0.15) is 11.1 Å². The molecule has 0 saturated carbocycles. The molecule has 0 N–H and O–H groups in total. The van der Waals surface area contributed by atoms with E-state index in [9.17, 15) is 9.59 Å². The number of rotatable bonds is 5. The summed E-state index contributed by atoms with van der Waals surface area (Å²) in [5.74, 6) is 0. The Morgan fingerprint density at radius 2 is 1.43 bits per heavy atom. The van der Waals surface area contributed by atoms with E-state index in [1.165, 1.54) is 12.2 Å². The van der Waals surface area contributed by atoms with Crippen LogP contribution in [0.25, 0.3) is 29.1 Å². The van der Waals surface area contributed by atoms with Gasteiger partial charge >= 0.3 is 0 Å². The molecule has 0 aliphatic rings. The second-order valence-corrected chi connectivity index (χ2v) is 4.97. The van der Waals surface area contributed by atoms with Gasteiger partial charge in [-0.3, -0.25) is 9.59 Å². The Hall–Kier alpha value is -3.27. The molecule has 1 aromatic carbocycles. The van der Waals surface area contributed by atoms with Crippen LogP contribution >= 0.6 is 0 Å². The molecule has 0 amide bonds. The average Bonchev–Trinajstić information content (AvgIpc) is 3.01. The van der Waals surface area contributed by atoms with Crippen molar-refractivity contribution in [3.63, 3.8) is 0 Å². The van der Waals surface area contributed by atoms with E-state index in [1.807, 2.05) is 53.2 Å². The number of pyridine rings is 1. The molecule has 0 fully saturated rings.